The molecule has 27 heavy (non-hydrogen) atoms. The quantitative estimate of drug-likeness (QED) is 0.868. The van der Waals surface area contributed by atoms with Gasteiger partial charge in [0.15, 0.2) is 0 Å². The van der Waals surface area contributed by atoms with E-state index in [2.05, 4.69) is 29.2 Å². The normalized spacial score (nSPS) is 25.3. The summed E-state index contributed by atoms with van der Waals surface area (Å²) in [7, 11) is 0. The van der Waals surface area contributed by atoms with Crippen LogP contribution in [-0.4, -0.2) is 59.0 Å². The summed E-state index contributed by atoms with van der Waals surface area (Å²) in [5, 5.41) is 9.61. The van der Waals surface area contributed by atoms with E-state index in [1.165, 1.54) is 5.56 Å². The first-order chi connectivity index (χ1) is 13.1. The molecular formula is C22H28N2O3. The number of piperidine rings is 1. The van der Waals surface area contributed by atoms with Crippen LogP contribution in [0.4, 0.5) is 0 Å². The number of aliphatic carboxylic acids is 1. The Kier molecular flexibility index (Phi) is 5.04. The summed E-state index contributed by atoms with van der Waals surface area (Å²) < 4.78 is 0. The Bertz CT molecular complexity index is 718. The fraction of sp³-hybridized carbons (Fsp3) is 0.545. The molecule has 1 amide bonds. The molecule has 1 aromatic carbocycles. The zero-order valence-electron chi connectivity index (χ0n) is 15.7. The minimum absolute atomic E-state index is 0.00670. The highest BCUT2D eigenvalue weighted by Crippen LogP contribution is 2.45. The van der Waals surface area contributed by atoms with Crippen molar-refractivity contribution in [2.45, 2.75) is 38.1 Å². The van der Waals surface area contributed by atoms with E-state index >= 15 is 0 Å². The number of hydrogen-bond donors (Lipinski definition) is 1. The van der Waals surface area contributed by atoms with Gasteiger partial charge in [-0.3, -0.25) is 9.69 Å². The Labute approximate surface area is 160 Å². The van der Waals surface area contributed by atoms with Gasteiger partial charge in [-0.2, -0.15) is 0 Å². The lowest BCUT2D eigenvalue weighted by atomic mass is 9.76. The highest BCUT2D eigenvalue weighted by atomic mass is 16.4. The second-order valence-electron chi connectivity index (χ2n) is 8.41. The topological polar surface area (TPSA) is 60.9 Å². The van der Waals surface area contributed by atoms with Crippen molar-refractivity contribution >= 4 is 18.0 Å². The zero-order valence-corrected chi connectivity index (χ0v) is 15.7. The molecule has 1 N–H and O–H groups in total. The molecule has 2 aliphatic heterocycles. The van der Waals surface area contributed by atoms with Crippen LogP contribution in [0.2, 0.25) is 0 Å². The Balaban J connectivity index is 1.33. The standard InChI is InChI=1S/C22H28N2O3/c25-20(18-8-9-18)24-16-22(15-19(24)21(26)27)10-13-23(14-11-22)12-4-7-17-5-2-1-3-6-17/h1-7,18-19H,8-16H2,(H,26,27). The van der Waals surface area contributed by atoms with Crippen LogP contribution in [0, 0.1) is 11.3 Å². The van der Waals surface area contributed by atoms with Crippen molar-refractivity contribution < 1.29 is 14.7 Å². The molecule has 3 fully saturated rings. The molecule has 0 aromatic heterocycles. The van der Waals surface area contributed by atoms with Crippen LogP contribution in [0.15, 0.2) is 36.4 Å². The average Bonchev–Trinajstić information content (AvgIpc) is 3.46. The Morgan fingerprint density at radius 3 is 2.48 bits per heavy atom. The largest absolute Gasteiger partial charge is 0.480 e. The third-order valence-corrected chi connectivity index (χ3v) is 6.39. The van der Waals surface area contributed by atoms with Gasteiger partial charge in [0.1, 0.15) is 6.04 Å². The summed E-state index contributed by atoms with van der Waals surface area (Å²) in [6.07, 6.45) is 8.77. The number of hydrogen-bond acceptors (Lipinski definition) is 3. The molecule has 1 aromatic rings. The molecular weight excluding hydrogens is 340 g/mol. The van der Waals surface area contributed by atoms with Gasteiger partial charge in [0, 0.05) is 19.0 Å². The number of carboxylic acid groups (broad SMARTS) is 1. The second-order valence-corrected chi connectivity index (χ2v) is 8.41. The van der Waals surface area contributed by atoms with Crippen molar-refractivity contribution in [3.8, 4) is 0 Å². The number of rotatable bonds is 5. The lowest BCUT2D eigenvalue weighted by Crippen LogP contribution is -2.43. The van der Waals surface area contributed by atoms with Crippen molar-refractivity contribution in [3.05, 3.63) is 42.0 Å². The van der Waals surface area contributed by atoms with E-state index in [0.717, 1.165) is 45.3 Å². The maximum Gasteiger partial charge on any atom is 0.326 e. The van der Waals surface area contributed by atoms with Crippen LogP contribution in [0.25, 0.3) is 6.08 Å². The molecule has 1 spiro atoms. The van der Waals surface area contributed by atoms with Crippen LogP contribution in [0.1, 0.15) is 37.7 Å². The molecule has 144 valence electrons. The average molecular weight is 368 g/mol. The van der Waals surface area contributed by atoms with E-state index in [4.69, 9.17) is 0 Å². The van der Waals surface area contributed by atoms with E-state index in [1.807, 2.05) is 18.2 Å². The lowest BCUT2D eigenvalue weighted by Gasteiger charge is -2.38. The Hall–Kier alpha value is -2.14. The highest BCUT2D eigenvalue weighted by Gasteiger charge is 2.51. The summed E-state index contributed by atoms with van der Waals surface area (Å²) in [6, 6.07) is 9.67. The highest BCUT2D eigenvalue weighted by molar-refractivity contribution is 5.87. The molecule has 0 radical (unpaired) electrons. The number of amides is 1. The lowest BCUT2D eigenvalue weighted by molar-refractivity contribution is -0.148. The van der Waals surface area contributed by atoms with Gasteiger partial charge < -0.3 is 10.0 Å². The minimum Gasteiger partial charge on any atom is -0.480 e. The van der Waals surface area contributed by atoms with Crippen molar-refractivity contribution in [1.82, 2.24) is 9.80 Å². The van der Waals surface area contributed by atoms with Gasteiger partial charge in [0.25, 0.3) is 0 Å². The molecule has 1 atom stereocenters. The number of carboxylic acids is 1. The molecule has 5 heteroatoms. The van der Waals surface area contributed by atoms with Gasteiger partial charge in [-0.25, -0.2) is 4.79 Å². The van der Waals surface area contributed by atoms with Crippen molar-refractivity contribution in [2.24, 2.45) is 11.3 Å². The van der Waals surface area contributed by atoms with Crippen molar-refractivity contribution in [2.75, 3.05) is 26.2 Å². The van der Waals surface area contributed by atoms with Crippen molar-refractivity contribution in [3.63, 3.8) is 0 Å². The number of likely N-dealkylation sites (tertiary alicyclic amines) is 2. The number of benzene rings is 1. The van der Waals surface area contributed by atoms with E-state index in [1.54, 1.807) is 4.90 Å². The molecule has 1 aliphatic carbocycles. The predicted octanol–water partition coefficient (Wildman–Crippen LogP) is 2.88. The summed E-state index contributed by atoms with van der Waals surface area (Å²) in [6.45, 7) is 3.49. The van der Waals surface area contributed by atoms with Crippen LogP contribution in [-0.2, 0) is 9.59 Å². The summed E-state index contributed by atoms with van der Waals surface area (Å²) >= 11 is 0. The molecule has 5 nitrogen and oxygen atoms in total. The smallest absolute Gasteiger partial charge is 0.326 e. The number of carbonyl (C=O) groups is 2. The van der Waals surface area contributed by atoms with E-state index < -0.39 is 12.0 Å². The van der Waals surface area contributed by atoms with Crippen LogP contribution in [0.3, 0.4) is 0 Å². The van der Waals surface area contributed by atoms with E-state index in [9.17, 15) is 14.7 Å². The van der Waals surface area contributed by atoms with Crippen molar-refractivity contribution in [1.29, 1.82) is 0 Å². The first kappa shape index (κ1) is 18.2. The van der Waals surface area contributed by atoms with Gasteiger partial charge >= 0.3 is 5.97 Å². The first-order valence-corrected chi connectivity index (χ1v) is 10.0. The van der Waals surface area contributed by atoms with Gasteiger partial charge in [-0.15, -0.1) is 0 Å². The van der Waals surface area contributed by atoms with Gasteiger partial charge in [-0.05, 0) is 56.2 Å². The Morgan fingerprint density at radius 2 is 1.85 bits per heavy atom. The monoisotopic (exact) mass is 368 g/mol. The fourth-order valence-corrected chi connectivity index (χ4v) is 4.55. The molecule has 2 heterocycles. The molecule has 3 aliphatic rings. The summed E-state index contributed by atoms with van der Waals surface area (Å²) in [5.41, 5.74) is 1.20. The maximum absolute atomic E-state index is 12.5. The number of nitrogens with zero attached hydrogens (tertiary/aromatic N) is 2. The molecule has 0 bridgehead atoms. The summed E-state index contributed by atoms with van der Waals surface area (Å²) in [5.74, 6) is -0.674. The van der Waals surface area contributed by atoms with Gasteiger partial charge in [-0.1, -0.05) is 42.5 Å². The molecule has 1 saturated carbocycles. The SMILES string of the molecule is O=C(O)C1CC2(CCN(CC=Cc3ccccc3)CC2)CN1C(=O)C1CC1. The molecule has 4 rings (SSSR count). The molecule has 2 saturated heterocycles. The van der Waals surface area contributed by atoms with Crippen LogP contribution < -0.4 is 0 Å². The van der Waals surface area contributed by atoms with E-state index in [-0.39, 0.29) is 17.2 Å². The summed E-state index contributed by atoms with van der Waals surface area (Å²) in [4.78, 5) is 28.4. The van der Waals surface area contributed by atoms with Gasteiger partial charge in [0.2, 0.25) is 5.91 Å². The molecule has 1 unspecified atom stereocenters. The van der Waals surface area contributed by atoms with Crippen LogP contribution in [0.5, 0.6) is 0 Å². The minimum atomic E-state index is -0.839. The predicted molar refractivity (Wildman–Crippen MR) is 104 cm³/mol. The Morgan fingerprint density at radius 1 is 1.15 bits per heavy atom. The third kappa shape index (κ3) is 4.08. The fourth-order valence-electron chi connectivity index (χ4n) is 4.55. The first-order valence-electron chi connectivity index (χ1n) is 10.0. The van der Waals surface area contributed by atoms with E-state index in [0.29, 0.717) is 13.0 Å². The second kappa shape index (κ2) is 7.47. The van der Waals surface area contributed by atoms with Gasteiger partial charge in [0.05, 0.1) is 0 Å². The zero-order chi connectivity index (χ0) is 18.9. The third-order valence-electron chi connectivity index (χ3n) is 6.39. The number of carbonyl (C=O) groups excluding carboxylic acids is 1. The maximum atomic E-state index is 12.5. The van der Waals surface area contributed by atoms with Crippen LogP contribution >= 0.6 is 0 Å².